The van der Waals surface area contributed by atoms with Crippen molar-refractivity contribution < 1.29 is 4.52 Å². The molecule has 1 aliphatic heterocycles. The van der Waals surface area contributed by atoms with Crippen molar-refractivity contribution in [3.63, 3.8) is 0 Å². The molecule has 1 N–H and O–H groups in total. The van der Waals surface area contributed by atoms with Gasteiger partial charge in [0.1, 0.15) is 0 Å². The minimum atomic E-state index is 0.557. The zero-order valence-electron chi connectivity index (χ0n) is 10.2. The number of nitrogens with zero attached hydrogens (tertiary/aromatic N) is 3. The number of rotatable bonds is 3. The van der Waals surface area contributed by atoms with Crippen molar-refractivity contribution in [1.82, 2.24) is 20.4 Å². The highest BCUT2D eigenvalue weighted by atomic mass is 16.5. The van der Waals surface area contributed by atoms with E-state index >= 15 is 0 Å². The maximum Gasteiger partial charge on any atom is 0.259 e. The Hall–Kier alpha value is -1.75. The first-order chi connectivity index (χ1) is 8.92. The molecular weight excluding hydrogens is 228 g/mol. The van der Waals surface area contributed by atoms with Crippen LogP contribution in [0.3, 0.4) is 0 Å². The second-order valence-corrected chi connectivity index (χ2v) is 4.67. The molecule has 0 aromatic carbocycles. The average Bonchev–Trinajstić information content (AvgIpc) is 2.89. The lowest BCUT2D eigenvalue weighted by Gasteiger charge is -2.20. The predicted octanol–water partition coefficient (Wildman–Crippen LogP) is 1.67. The Kier molecular flexibility index (Phi) is 3.32. The smallest absolute Gasteiger partial charge is 0.259 e. The third-order valence-electron chi connectivity index (χ3n) is 3.25. The van der Waals surface area contributed by atoms with Crippen LogP contribution >= 0.6 is 0 Å². The van der Waals surface area contributed by atoms with Crippen molar-refractivity contribution in [2.45, 2.75) is 19.3 Å². The zero-order valence-corrected chi connectivity index (χ0v) is 10.2. The van der Waals surface area contributed by atoms with Gasteiger partial charge in [-0.1, -0.05) is 5.16 Å². The fraction of sp³-hybridized carbons (Fsp3) is 0.462. The number of pyridine rings is 1. The molecule has 0 bridgehead atoms. The van der Waals surface area contributed by atoms with E-state index in [1.807, 2.05) is 12.1 Å². The molecule has 0 amide bonds. The monoisotopic (exact) mass is 244 g/mol. The summed E-state index contributed by atoms with van der Waals surface area (Å²) in [4.78, 5) is 8.48. The molecule has 1 atom stereocenters. The molecule has 0 radical (unpaired) electrons. The highest BCUT2D eigenvalue weighted by Crippen LogP contribution is 2.18. The molecule has 3 heterocycles. The van der Waals surface area contributed by atoms with Crippen molar-refractivity contribution in [2.75, 3.05) is 13.1 Å². The minimum Gasteiger partial charge on any atom is -0.334 e. The molecule has 1 fully saturated rings. The first-order valence-corrected chi connectivity index (χ1v) is 6.35. The number of piperidine rings is 1. The second-order valence-electron chi connectivity index (χ2n) is 4.67. The van der Waals surface area contributed by atoms with Gasteiger partial charge in [0.05, 0.1) is 5.56 Å². The molecule has 0 aliphatic carbocycles. The van der Waals surface area contributed by atoms with Crippen LogP contribution in [0.2, 0.25) is 0 Å². The molecule has 0 unspecified atom stereocenters. The van der Waals surface area contributed by atoms with E-state index in [4.69, 9.17) is 4.52 Å². The van der Waals surface area contributed by atoms with Gasteiger partial charge in [-0.2, -0.15) is 4.98 Å². The van der Waals surface area contributed by atoms with E-state index in [2.05, 4.69) is 20.4 Å². The van der Waals surface area contributed by atoms with Gasteiger partial charge in [-0.25, -0.2) is 0 Å². The van der Waals surface area contributed by atoms with Crippen LogP contribution in [0.1, 0.15) is 18.7 Å². The van der Waals surface area contributed by atoms with E-state index < -0.39 is 0 Å². The first kappa shape index (κ1) is 11.3. The van der Waals surface area contributed by atoms with Crippen LogP contribution in [-0.4, -0.2) is 28.2 Å². The van der Waals surface area contributed by atoms with Crippen molar-refractivity contribution in [1.29, 1.82) is 0 Å². The van der Waals surface area contributed by atoms with Crippen LogP contribution in [0, 0.1) is 5.92 Å². The Morgan fingerprint density at radius 3 is 3.22 bits per heavy atom. The van der Waals surface area contributed by atoms with E-state index in [0.717, 1.165) is 30.9 Å². The van der Waals surface area contributed by atoms with Crippen molar-refractivity contribution in [3.8, 4) is 11.5 Å². The Morgan fingerprint density at radius 1 is 1.44 bits per heavy atom. The van der Waals surface area contributed by atoms with Gasteiger partial charge in [-0.05, 0) is 44.0 Å². The second kappa shape index (κ2) is 5.27. The summed E-state index contributed by atoms with van der Waals surface area (Å²) >= 11 is 0. The van der Waals surface area contributed by atoms with E-state index in [0.29, 0.717) is 11.8 Å². The predicted molar refractivity (Wildman–Crippen MR) is 66.8 cm³/mol. The lowest BCUT2D eigenvalue weighted by molar-refractivity contribution is 0.360. The maximum atomic E-state index is 5.27. The highest BCUT2D eigenvalue weighted by Gasteiger charge is 2.17. The van der Waals surface area contributed by atoms with Gasteiger partial charge in [-0.15, -0.1) is 0 Å². The molecule has 18 heavy (non-hydrogen) atoms. The summed E-state index contributed by atoms with van der Waals surface area (Å²) in [5.41, 5.74) is 0.873. The minimum absolute atomic E-state index is 0.557. The summed E-state index contributed by atoms with van der Waals surface area (Å²) in [6, 6.07) is 3.79. The van der Waals surface area contributed by atoms with Crippen LogP contribution in [0.4, 0.5) is 0 Å². The molecule has 2 aromatic heterocycles. The van der Waals surface area contributed by atoms with Gasteiger partial charge in [0, 0.05) is 18.8 Å². The molecule has 1 aliphatic rings. The molecule has 5 nitrogen and oxygen atoms in total. The lowest BCUT2D eigenvalue weighted by Crippen LogP contribution is -2.31. The van der Waals surface area contributed by atoms with Crippen LogP contribution in [0.5, 0.6) is 0 Å². The third kappa shape index (κ3) is 2.56. The van der Waals surface area contributed by atoms with Gasteiger partial charge >= 0.3 is 0 Å². The summed E-state index contributed by atoms with van der Waals surface area (Å²) in [6.07, 6.45) is 6.83. The molecule has 2 aromatic rings. The summed E-state index contributed by atoms with van der Waals surface area (Å²) in [6.45, 7) is 2.18. The van der Waals surface area contributed by atoms with Gasteiger partial charge in [0.15, 0.2) is 5.82 Å². The van der Waals surface area contributed by atoms with Crippen LogP contribution in [-0.2, 0) is 6.42 Å². The van der Waals surface area contributed by atoms with Gasteiger partial charge in [0.25, 0.3) is 5.89 Å². The molecule has 3 rings (SSSR count). The largest absolute Gasteiger partial charge is 0.334 e. The normalized spacial score (nSPS) is 19.9. The molecule has 0 spiro atoms. The quantitative estimate of drug-likeness (QED) is 0.889. The van der Waals surface area contributed by atoms with Gasteiger partial charge < -0.3 is 9.84 Å². The van der Waals surface area contributed by atoms with E-state index in [-0.39, 0.29) is 0 Å². The fourth-order valence-electron chi connectivity index (χ4n) is 2.30. The molecular formula is C13H16N4O. The Balaban J connectivity index is 1.69. The highest BCUT2D eigenvalue weighted by molar-refractivity contribution is 5.50. The zero-order chi connectivity index (χ0) is 12.2. The Labute approximate surface area is 106 Å². The fourth-order valence-corrected chi connectivity index (χ4v) is 2.30. The van der Waals surface area contributed by atoms with Crippen molar-refractivity contribution >= 4 is 0 Å². The van der Waals surface area contributed by atoms with Gasteiger partial charge in [0.2, 0.25) is 0 Å². The summed E-state index contributed by atoms with van der Waals surface area (Å²) in [5.74, 6) is 1.97. The average molecular weight is 244 g/mol. The van der Waals surface area contributed by atoms with Crippen LogP contribution < -0.4 is 5.32 Å². The van der Waals surface area contributed by atoms with E-state index in [1.54, 1.807) is 12.4 Å². The molecule has 94 valence electrons. The molecule has 0 saturated carbocycles. The maximum absolute atomic E-state index is 5.27. The number of nitrogens with one attached hydrogen (secondary N) is 1. The SMILES string of the molecule is c1cncc(-c2nc(C[C@@H]3CCCNC3)no2)c1. The summed E-state index contributed by atoms with van der Waals surface area (Å²) in [7, 11) is 0. The lowest BCUT2D eigenvalue weighted by atomic mass is 9.96. The molecule has 1 saturated heterocycles. The third-order valence-corrected chi connectivity index (χ3v) is 3.25. The van der Waals surface area contributed by atoms with Gasteiger partial charge in [-0.3, -0.25) is 4.98 Å². The summed E-state index contributed by atoms with van der Waals surface area (Å²) in [5, 5.41) is 7.44. The van der Waals surface area contributed by atoms with Crippen LogP contribution in [0.25, 0.3) is 11.5 Å². The van der Waals surface area contributed by atoms with E-state index in [9.17, 15) is 0 Å². The number of hydrogen-bond acceptors (Lipinski definition) is 5. The Morgan fingerprint density at radius 2 is 2.44 bits per heavy atom. The summed E-state index contributed by atoms with van der Waals surface area (Å²) < 4.78 is 5.27. The number of aromatic nitrogens is 3. The van der Waals surface area contributed by atoms with Crippen molar-refractivity contribution in [2.24, 2.45) is 5.92 Å². The molecule has 5 heteroatoms. The Bertz CT molecular complexity index is 491. The van der Waals surface area contributed by atoms with Crippen LogP contribution in [0.15, 0.2) is 29.0 Å². The number of hydrogen-bond donors (Lipinski definition) is 1. The van der Waals surface area contributed by atoms with Crippen molar-refractivity contribution in [3.05, 3.63) is 30.4 Å². The van der Waals surface area contributed by atoms with E-state index in [1.165, 1.54) is 12.8 Å². The topological polar surface area (TPSA) is 63.8 Å². The first-order valence-electron chi connectivity index (χ1n) is 6.35. The standard InChI is InChI=1S/C13H16N4O/c1-3-10(8-14-5-1)7-12-16-13(18-17-12)11-4-2-6-15-9-11/h2,4,6,9-10,14H,1,3,5,7-8H2/t10-/m0/s1.